The number of aryl methyl sites for hydroxylation is 1. The number of nitrogens with two attached hydrogens (primary N) is 1. The minimum Gasteiger partial charge on any atom is -0.497 e. The predicted octanol–water partition coefficient (Wildman–Crippen LogP) is 3.01. The smallest absolute Gasteiger partial charge is 0.131 e. The highest BCUT2D eigenvalue weighted by Gasteiger charge is 2.22. The maximum absolute atomic E-state index is 6.57. The Kier molecular flexibility index (Phi) is 5.83. The highest BCUT2D eigenvalue weighted by Crippen LogP contribution is 2.23. The molecule has 1 aliphatic heterocycles. The molecular weight excluding hydrogens is 362 g/mol. The molecule has 2 aromatic carbocycles. The highest BCUT2D eigenvalue weighted by molar-refractivity contribution is 5.51. The Balaban J connectivity index is 1.37. The van der Waals surface area contributed by atoms with E-state index in [4.69, 9.17) is 10.5 Å². The van der Waals surface area contributed by atoms with Crippen molar-refractivity contribution in [3.63, 3.8) is 0 Å². The Morgan fingerprint density at radius 3 is 2.52 bits per heavy atom. The summed E-state index contributed by atoms with van der Waals surface area (Å²) < 4.78 is 7.45. The van der Waals surface area contributed by atoms with Gasteiger partial charge in [-0.25, -0.2) is 4.98 Å². The van der Waals surface area contributed by atoms with Crippen molar-refractivity contribution in [1.29, 1.82) is 0 Å². The van der Waals surface area contributed by atoms with Crippen molar-refractivity contribution in [2.24, 2.45) is 5.73 Å². The number of nitrogens with zero attached hydrogens (tertiary/aromatic N) is 4. The summed E-state index contributed by atoms with van der Waals surface area (Å²) in [6.45, 7) is 6.81. The number of piperazine rings is 1. The maximum atomic E-state index is 6.57. The number of aromatic nitrogens is 2. The van der Waals surface area contributed by atoms with E-state index in [-0.39, 0.29) is 6.04 Å². The molecule has 1 aliphatic rings. The molecule has 0 saturated carbocycles. The van der Waals surface area contributed by atoms with Crippen LogP contribution in [0.3, 0.4) is 0 Å². The monoisotopic (exact) mass is 391 g/mol. The van der Waals surface area contributed by atoms with E-state index in [1.165, 1.54) is 11.3 Å². The third-order valence-corrected chi connectivity index (χ3v) is 5.56. The van der Waals surface area contributed by atoms with Gasteiger partial charge in [0.2, 0.25) is 0 Å². The Bertz CT molecular complexity index is 928. The van der Waals surface area contributed by atoms with Gasteiger partial charge in [0, 0.05) is 62.6 Å². The van der Waals surface area contributed by atoms with Crippen molar-refractivity contribution < 1.29 is 4.74 Å². The molecule has 0 aliphatic carbocycles. The molecule has 1 fully saturated rings. The van der Waals surface area contributed by atoms with E-state index in [0.717, 1.165) is 50.0 Å². The summed E-state index contributed by atoms with van der Waals surface area (Å²) in [6.07, 6.45) is 3.82. The quantitative estimate of drug-likeness (QED) is 0.700. The van der Waals surface area contributed by atoms with Crippen LogP contribution in [0.4, 0.5) is 5.69 Å². The van der Waals surface area contributed by atoms with Crippen molar-refractivity contribution in [2.45, 2.75) is 13.0 Å². The average molecular weight is 392 g/mol. The fraction of sp³-hybridized carbons (Fsp3) is 0.348. The fourth-order valence-corrected chi connectivity index (χ4v) is 3.87. The number of hydrogen-bond donors (Lipinski definition) is 1. The van der Waals surface area contributed by atoms with Gasteiger partial charge >= 0.3 is 0 Å². The molecule has 0 bridgehead atoms. The second-order valence-corrected chi connectivity index (χ2v) is 7.59. The number of methoxy groups -OCH3 is 1. The standard InChI is InChI=1S/C23H29N5O/c1-18-6-8-19(9-7-18)28-11-10-25-23(28)22(24)17-26-12-14-27(15-13-26)20-4-3-5-21(16-20)29-2/h3-11,16,22H,12-15,17,24H2,1-2H3. The van der Waals surface area contributed by atoms with Crippen molar-refractivity contribution in [3.8, 4) is 11.4 Å². The van der Waals surface area contributed by atoms with Crippen LogP contribution in [0.25, 0.3) is 5.69 Å². The molecule has 2 N–H and O–H groups in total. The Morgan fingerprint density at radius 2 is 1.79 bits per heavy atom. The van der Waals surface area contributed by atoms with Gasteiger partial charge in [0.05, 0.1) is 13.2 Å². The molecule has 1 unspecified atom stereocenters. The second kappa shape index (κ2) is 8.68. The van der Waals surface area contributed by atoms with Crippen LogP contribution >= 0.6 is 0 Å². The number of anilines is 1. The van der Waals surface area contributed by atoms with Crippen molar-refractivity contribution in [2.75, 3.05) is 44.7 Å². The van der Waals surface area contributed by atoms with E-state index >= 15 is 0 Å². The van der Waals surface area contributed by atoms with Crippen LogP contribution in [0.15, 0.2) is 60.9 Å². The molecule has 1 saturated heterocycles. The molecule has 2 heterocycles. The minimum atomic E-state index is -0.130. The number of ether oxygens (including phenoxy) is 1. The summed E-state index contributed by atoms with van der Waals surface area (Å²) in [7, 11) is 1.71. The Labute approximate surface area is 172 Å². The zero-order chi connectivity index (χ0) is 20.2. The lowest BCUT2D eigenvalue weighted by Crippen LogP contribution is -2.48. The average Bonchev–Trinajstić information content (AvgIpc) is 3.25. The van der Waals surface area contributed by atoms with Crippen LogP contribution in [-0.2, 0) is 0 Å². The van der Waals surface area contributed by atoms with Crippen LogP contribution in [0, 0.1) is 6.92 Å². The first-order valence-corrected chi connectivity index (χ1v) is 10.1. The molecular formula is C23H29N5O. The minimum absolute atomic E-state index is 0.130. The highest BCUT2D eigenvalue weighted by atomic mass is 16.5. The lowest BCUT2D eigenvalue weighted by Gasteiger charge is -2.37. The topological polar surface area (TPSA) is 59.6 Å². The largest absolute Gasteiger partial charge is 0.497 e. The molecule has 4 rings (SSSR count). The van der Waals surface area contributed by atoms with Gasteiger partial charge in [0.25, 0.3) is 0 Å². The van der Waals surface area contributed by atoms with Crippen LogP contribution in [0.5, 0.6) is 5.75 Å². The molecule has 3 aromatic rings. The Morgan fingerprint density at radius 1 is 1.03 bits per heavy atom. The molecule has 0 amide bonds. The number of rotatable bonds is 6. The van der Waals surface area contributed by atoms with E-state index in [2.05, 4.69) is 62.7 Å². The zero-order valence-corrected chi connectivity index (χ0v) is 17.2. The first kappa shape index (κ1) is 19.5. The van der Waals surface area contributed by atoms with Crippen molar-refractivity contribution >= 4 is 5.69 Å². The SMILES string of the molecule is COc1cccc(N2CCN(CC(N)c3nccn3-c3ccc(C)cc3)CC2)c1. The normalized spacial score (nSPS) is 16.0. The first-order chi connectivity index (χ1) is 14.1. The molecule has 6 nitrogen and oxygen atoms in total. The zero-order valence-electron chi connectivity index (χ0n) is 17.2. The molecule has 152 valence electrons. The van der Waals surface area contributed by atoms with E-state index < -0.39 is 0 Å². The van der Waals surface area contributed by atoms with Gasteiger partial charge in [0.15, 0.2) is 0 Å². The van der Waals surface area contributed by atoms with Crippen LogP contribution in [0.1, 0.15) is 17.4 Å². The summed E-state index contributed by atoms with van der Waals surface area (Å²) in [5.41, 5.74) is 10.1. The van der Waals surface area contributed by atoms with Gasteiger partial charge in [-0.1, -0.05) is 23.8 Å². The number of imidazole rings is 1. The third-order valence-electron chi connectivity index (χ3n) is 5.56. The first-order valence-electron chi connectivity index (χ1n) is 10.1. The Hall–Kier alpha value is -2.83. The summed E-state index contributed by atoms with van der Waals surface area (Å²) in [4.78, 5) is 9.38. The predicted molar refractivity (Wildman–Crippen MR) is 117 cm³/mol. The summed E-state index contributed by atoms with van der Waals surface area (Å²) >= 11 is 0. The van der Waals surface area contributed by atoms with Gasteiger partial charge in [-0.15, -0.1) is 0 Å². The van der Waals surface area contributed by atoms with E-state index in [1.54, 1.807) is 7.11 Å². The van der Waals surface area contributed by atoms with Gasteiger partial charge in [-0.2, -0.15) is 0 Å². The van der Waals surface area contributed by atoms with E-state index in [0.29, 0.717) is 0 Å². The van der Waals surface area contributed by atoms with Gasteiger partial charge in [0.1, 0.15) is 11.6 Å². The van der Waals surface area contributed by atoms with Gasteiger partial charge < -0.3 is 19.9 Å². The lowest BCUT2D eigenvalue weighted by atomic mass is 10.2. The van der Waals surface area contributed by atoms with E-state index in [1.807, 2.05) is 24.5 Å². The van der Waals surface area contributed by atoms with Crippen LogP contribution in [-0.4, -0.2) is 54.3 Å². The van der Waals surface area contributed by atoms with Crippen molar-refractivity contribution in [1.82, 2.24) is 14.5 Å². The van der Waals surface area contributed by atoms with Crippen LogP contribution in [0.2, 0.25) is 0 Å². The molecule has 0 spiro atoms. The molecule has 0 radical (unpaired) electrons. The third kappa shape index (κ3) is 4.44. The maximum Gasteiger partial charge on any atom is 0.131 e. The molecule has 1 aromatic heterocycles. The van der Waals surface area contributed by atoms with Gasteiger partial charge in [-0.3, -0.25) is 4.90 Å². The van der Waals surface area contributed by atoms with E-state index in [9.17, 15) is 0 Å². The lowest BCUT2D eigenvalue weighted by molar-refractivity contribution is 0.240. The van der Waals surface area contributed by atoms with Gasteiger partial charge in [-0.05, 0) is 31.2 Å². The summed E-state index contributed by atoms with van der Waals surface area (Å²) in [5, 5.41) is 0. The fourth-order valence-electron chi connectivity index (χ4n) is 3.87. The molecule has 1 atom stereocenters. The summed E-state index contributed by atoms with van der Waals surface area (Å²) in [6, 6.07) is 16.6. The second-order valence-electron chi connectivity index (χ2n) is 7.59. The number of hydrogen-bond acceptors (Lipinski definition) is 5. The summed E-state index contributed by atoms with van der Waals surface area (Å²) in [5.74, 6) is 1.80. The molecule has 6 heteroatoms. The van der Waals surface area contributed by atoms with Crippen molar-refractivity contribution in [3.05, 3.63) is 72.3 Å². The molecule has 29 heavy (non-hydrogen) atoms. The number of benzene rings is 2. The van der Waals surface area contributed by atoms with Crippen LogP contribution < -0.4 is 15.4 Å².